The van der Waals surface area contributed by atoms with Crippen LogP contribution in [0.1, 0.15) is 10.4 Å². The van der Waals surface area contributed by atoms with Crippen LogP contribution in [-0.2, 0) is 9.53 Å². The molecule has 0 aliphatic rings. The third-order valence-electron chi connectivity index (χ3n) is 3.07. The molecule has 0 aliphatic heterocycles. The number of nitro groups is 1. The maximum atomic E-state index is 12.0. The van der Waals surface area contributed by atoms with Crippen molar-refractivity contribution in [2.75, 3.05) is 17.7 Å². The average Bonchev–Trinajstić information content (AvgIpc) is 2.55. The van der Waals surface area contributed by atoms with E-state index >= 15 is 0 Å². The number of esters is 1. The Balaban J connectivity index is 2.01. The number of nitrogen functional groups attached to an aromatic ring is 1. The van der Waals surface area contributed by atoms with Gasteiger partial charge >= 0.3 is 5.97 Å². The topological polar surface area (TPSA) is 125 Å². The second-order valence-corrected chi connectivity index (χ2v) is 6.15. The molecule has 0 bridgehead atoms. The Morgan fingerprint density at radius 2 is 1.77 bits per heavy atom. The van der Waals surface area contributed by atoms with Crippen LogP contribution in [0.5, 0.6) is 0 Å². The first-order valence-electron chi connectivity index (χ1n) is 6.84. The van der Waals surface area contributed by atoms with Crippen molar-refractivity contribution in [1.82, 2.24) is 0 Å². The van der Waals surface area contributed by atoms with Gasteiger partial charge in [0.05, 0.1) is 31.9 Å². The quantitative estimate of drug-likeness (QED) is 0.328. The monoisotopic (exact) mass is 417 g/mol. The van der Waals surface area contributed by atoms with Crippen molar-refractivity contribution in [2.45, 2.75) is 0 Å². The van der Waals surface area contributed by atoms with Crippen molar-refractivity contribution in [1.29, 1.82) is 0 Å². The van der Waals surface area contributed by atoms with E-state index in [1.807, 2.05) is 0 Å². The average molecular weight is 419 g/mol. The Hall–Kier alpha value is -2.55. The van der Waals surface area contributed by atoms with Gasteiger partial charge in [0.15, 0.2) is 6.61 Å². The molecule has 3 N–H and O–H groups in total. The fourth-order valence-corrected chi connectivity index (χ4v) is 2.81. The number of hydrogen-bond acceptors (Lipinski definition) is 6. The van der Waals surface area contributed by atoms with Crippen LogP contribution in [0.3, 0.4) is 0 Å². The fourth-order valence-electron chi connectivity index (χ4n) is 1.90. The predicted octanol–water partition coefficient (Wildman–Crippen LogP) is 3.93. The molecule has 0 unspecified atom stereocenters. The summed E-state index contributed by atoms with van der Waals surface area (Å²) in [6.45, 7) is -0.648. The maximum absolute atomic E-state index is 12.0. The minimum absolute atomic E-state index is 0.106. The first kappa shape index (κ1) is 19.8. The highest BCUT2D eigenvalue weighted by Gasteiger charge is 2.17. The second kappa shape index (κ2) is 8.22. The molecule has 2 aromatic rings. The molecule has 2 aromatic carbocycles. The summed E-state index contributed by atoms with van der Waals surface area (Å²) in [5.41, 5.74) is 5.18. The number of halogens is 3. The number of rotatable bonds is 5. The molecule has 26 heavy (non-hydrogen) atoms. The van der Waals surface area contributed by atoms with Crippen molar-refractivity contribution in [3.8, 4) is 0 Å². The van der Waals surface area contributed by atoms with Gasteiger partial charge in [-0.05, 0) is 18.2 Å². The minimum Gasteiger partial charge on any atom is -0.452 e. The molecule has 136 valence electrons. The summed E-state index contributed by atoms with van der Waals surface area (Å²) in [5, 5.41) is 13.6. The molecule has 2 rings (SSSR count). The predicted molar refractivity (Wildman–Crippen MR) is 97.9 cm³/mol. The summed E-state index contributed by atoms with van der Waals surface area (Å²) in [7, 11) is 0. The summed E-state index contributed by atoms with van der Waals surface area (Å²) < 4.78 is 4.83. The van der Waals surface area contributed by atoms with Crippen LogP contribution < -0.4 is 11.1 Å². The van der Waals surface area contributed by atoms with Crippen LogP contribution in [0.15, 0.2) is 30.3 Å². The van der Waals surface area contributed by atoms with E-state index in [1.165, 1.54) is 12.1 Å². The summed E-state index contributed by atoms with van der Waals surface area (Å²) in [6, 6.07) is 6.02. The van der Waals surface area contributed by atoms with Gasteiger partial charge in [-0.25, -0.2) is 4.79 Å². The third-order valence-corrected chi connectivity index (χ3v) is 3.89. The van der Waals surface area contributed by atoms with Crippen molar-refractivity contribution in [3.63, 3.8) is 0 Å². The fraction of sp³-hybridized carbons (Fsp3) is 0.0667. The minimum atomic E-state index is -0.916. The van der Waals surface area contributed by atoms with Crippen LogP contribution in [0.2, 0.25) is 15.1 Å². The van der Waals surface area contributed by atoms with Gasteiger partial charge < -0.3 is 15.8 Å². The molecular weight excluding hydrogens is 409 g/mol. The highest BCUT2D eigenvalue weighted by molar-refractivity contribution is 6.42. The number of hydrogen-bond donors (Lipinski definition) is 2. The number of nitrogens with one attached hydrogen (secondary N) is 1. The molecule has 0 atom stereocenters. The van der Waals surface area contributed by atoms with Gasteiger partial charge in [-0.3, -0.25) is 14.9 Å². The molecule has 0 saturated carbocycles. The highest BCUT2D eigenvalue weighted by atomic mass is 35.5. The summed E-state index contributed by atoms with van der Waals surface area (Å²) in [6.07, 6.45) is 0. The van der Waals surface area contributed by atoms with Crippen LogP contribution in [0.4, 0.5) is 17.1 Å². The van der Waals surface area contributed by atoms with Crippen molar-refractivity contribution >= 4 is 63.7 Å². The zero-order chi connectivity index (χ0) is 19.4. The van der Waals surface area contributed by atoms with E-state index in [1.54, 1.807) is 0 Å². The number of nitrogens with zero attached hydrogens (tertiary/aromatic N) is 1. The number of carbonyl (C=O) groups is 2. The molecule has 8 nitrogen and oxygen atoms in total. The zero-order valence-corrected chi connectivity index (χ0v) is 15.1. The van der Waals surface area contributed by atoms with Crippen molar-refractivity contribution in [2.24, 2.45) is 0 Å². The number of carbonyl (C=O) groups excluding carboxylic acids is 2. The molecule has 0 heterocycles. The third kappa shape index (κ3) is 4.75. The molecule has 0 aliphatic carbocycles. The van der Waals surface area contributed by atoms with Gasteiger partial charge in [-0.1, -0.05) is 34.8 Å². The molecule has 0 fully saturated rings. The number of amides is 1. The lowest BCUT2D eigenvalue weighted by molar-refractivity contribution is -0.384. The normalized spacial score (nSPS) is 10.3. The lowest BCUT2D eigenvalue weighted by Crippen LogP contribution is -2.21. The Kier molecular flexibility index (Phi) is 6.25. The smallest absolute Gasteiger partial charge is 0.340 e. The van der Waals surface area contributed by atoms with Gasteiger partial charge in [0.25, 0.3) is 11.6 Å². The molecule has 0 radical (unpaired) electrons. The molecule has 0 aromatic heterocycles. The standard InChI is InChI=1S/C15H10Cl3N3O5/c16-7-3-10(17)14(11(18)4-7)20-13(22)6-26-15(23)9-2-1-8(21(24)25)5-12(9)19/h1-5H,6,19H2,(H,20,22). The van der Waals surface area contributed by atoms with Gasteiger partial charge in [0.2, 0.25) is 0 Å². The lowest BCUT2D eigenvalue weighted by atomic mass is 10.1. The van der Waals surface area contributed by atoms with E-state index in [0.717, 1.165) is 18.2 Å². The molecule has 1 amide bonds. The van der Waals surface area contributed by atoms with Gasteiger partial charge in [0.1, 0.15) is 0 Å². The van der Waals surface area contributed by atoms with Crippen LogP contribution in [-0.4, -0.2) is 23.4 Å². The molecule has 0 spiro atoms. The van der Waals surface area contributed by atoms with E-state index in [4.69, 9.17) is 45.3 Å². The van der Waals surface area contributed by atoms with Crippen LogP contribution >= 0.6 is 34.8 Å². The van der Waals surface area contributed by atoms with E-state index < -0.39 is 23.4 Å². The summed E-state index contributed by atoms with van der Waals surface area (Å²) >= 11 is 17.6. The summed E-state index contributed by atoms with van der Waals surface area (Å²) in [5.74, 6) is -1.62. The number of ether oxygens (including phenoxy) is 1. The molecule has 0 saturated heterocycles. The SMILES string of the molecule is Nc1cc([N+](=O)[O-])ccc1C(=O)OCC(=O)Nc1c(Cl)cc(Cl)cc1Cl. The van der Waals surface area contributed by atoms with Crippen molar-refractivity contribution < 1.29 is 19.2 Å². The van der Waals surface area contributed by atoms with E-state index in [-0.39, 0.29) is 37.7 Å². The highest BCUT2D eigenvalue weighted by Crippen LogP contribution is 2.33. The van der Waals surface area contributed by atoms with Gasteiger partial charge in [0, 0.05) is 17.2 Å². The zero-order valence-electron chi connectivity index (χ0n) is 12.8. The Bertz CT molecular complexity index is 881. The Labute approximate surface area is 161 Å². The number of non-ortho nitro benzene ring substituents is 1. The van der Waals surface area contributed by atoms with E-state index in [2.05, 4.69) is 5.32 Å². The number of benzene rings is 2. The second-order valence-electron chi connectivity index (χ2n) is 4.90. The largest absolute Gasteiger partial charge is 0.452 e. The number of nitro benzene ring substituents is 1. The number of nitrogens with two attached hydrogens (primary N) is 1. The van der Waals surface area contributed by atoms with Gasteiger partial charge in [-0.2, -0.15) is 0 Å². The van der Waals surface area contributed by atoms with E-state index in [9.17, 15) is 19.7 Å². The van der Waals surface area contributed by atoms with Crippen LogP contribution in [0.25, 0.3) is 0 Å². The van der Waals surface area contributed by atoms with Gasteiger partial charge in [-0.15, -0.1) is 0 Å². The molecular formula is C15H10Cl3N3O5. The maximum Gasteiger partial charge on any atom is 0.340 e. The number of anilines is 2. The van der Waals surface area contributed by atoms with Crippen LogP contribution in [0, 0.1) is 10.1 Å². The summed E-state index contributed by atoms with van der Waals surface area (Å²) in [4.78, 5) is 33.9. The Morgan fingerprint density at radius 1 is 1.15 bits per heavy atom. The van der Waals surface area contributed by atoms with E-state index in [0.29, 0.717) is 0 Å². The Morgan fingerprint density at radius 3 is 2.31 bits per heavy atom. The first-order chi connectivity index (χ1) is 12.2. The molecule has 11 heteroatoms. The first-order valence-corrected chi connectivity index (χ1v) is 7.98. The van der Waals surface area contributed by atoms with Crippen molar-refractivity contribution in [3.05, 3.63) is 61.1 Å². The lowest BCUT2D eigenvalue weighted by Gasteiger charge is -2.10.